The van der Waals surface area contributed by atoms with Crippen LogP contribution in [0.5, 0.6) is 0 Å². The molecule has 2 unspecified atom stereocenters. The summed E-state index contributed by atoms with van der Waals surface area (Å²) < 4.78 is 52.7. The molecule has 1 aliphatic rings. The van der Waals surface area contributed by atoms with Crippen molar-refractivity contribution < 1.29 is 17.6 Å². The van der Waals surface area contributed by atoms with E-state index in [1.54, 1.807) is 0 Å². The Bertz CT molecular complexity index is 499. The summed E-state index contributed by atoms with van der Waals surface area (Å²) in [5, 5.41) is 0. The number of hydrogen-bond acceptors (Lipinski definition) is 2. The lowest BCUT2D eigenvalue weighted by Gasteiger charge is -2.30. The first-order valence-electron chi connectivity index (χ1n) is 7.06. The fourth-order valence-electron chi connectivity index (χ4n) is 3.02. The van der Waals surface area contributed by atoms with Crippen molar-refractivity contribution in [1.29, 1.82) is 0 Å². The van der Waals surface area contributed by atoms with Crippen LogP contribution in [0, 0.1) is 11.7 Å². The van der Waals surface area contributed by atoms with Gasteiger partial charge in [0.25, 0.3) is 0 Å². The van der Waals surface area contributed by atoms with Gasteiger partial charge in [0.05, 0.1) is 11.6 Å². The maximum atomic E-state index is 13.2. The monoisotopic (exact) mass is 304 g/mol. The molecule has 0 radical (unpaired) electrons. The highest BCUT2D eigenvalue weighted by Crippen LogP contribution is 2.40. The van der Waals surface area contributed by atoms with Crippen molar-refractivity contribution in [1.82, 2.24) is 4.90 Å². The van der Waals surface area contributed by atoms with Gasteiger partial charge in [-0.05, 0) is 30.0 Å². The van der Waals surface area contributed by atoms with Crippen LogP contribution in [-0.2, 0) is 6.18 Å². The quantitative estimate of drug-likeness (QED) is 0.865. The summed E-state index contributed by atoms with van der Waals surface area (Å²) in [6.45, 7) is 5.36. The molecular weight excluding hydrogens is 284 g/mol. The number of hydrogen-bond donors (Lipinski definition) is 1. The average Bonchev–Trinajstić information content (AvgIpc) is 2.69. The van der Waals surface area contributed by atoms with Gasteiger partial charge in [-0.3, -0.25) is 4.90 Å². The van der Waals surface area contributed by atoms with E-state index in [2.05, 4.69) is 0 Å². The van der Waals surface area contributed by atoms with Crippen molar-refractivity contribution in [3.8, 4) is 0 Å². The van der Waals surface area contributed by atoms with Gasteiger partial charge in [-0.25, -0.2) is 4.39 Å². The lowest BCUT2D eigenvalue weighted by Crippen LogP contribution is -2.35. The minimum atomic E-state index is -4.58. The van der Waals surface area contributed by atoms with Crippen molar-refractivity contribution in [2.45, 2.75) is 38.5 Å². The predicted octanol–water partition coefficient (Wildman–Crippen LogP) is 3.57. The molecule has 0 aliphatic carbocycles. The van der Waals surface area contributed by atoms with E-state index in [-0.39, 0.29) is 11.6 Å². The maximum absolute atomic E-state index is 13.2. The summed E-state index contributed by atoms with van der Waals surface area (Å²) in [5.41, 5.74) is 5.18. The zero-order chi connectivity index (χ0) is 15.8. The molecule has 0 bridgehead atoms. The molecule has 0 spiro atoms. The van der Waals surface area contributed by atoms with Crippen molar-refractivity contribution >= 4 is 0 Å². The van der Waals surface area contributed by atoms with Crippen LogP contribution < -0.4 is 5.73 Å². The molecule has 2 N–H and O–H groups in total. The third-order valence-corrected chi connectivity index (χ3v) is 3.79. The maximum Gasteiger partial charge on any atom is 0.416 e. The molecule has 2 atom stereocenters. The molecule has 118 valence electrons. The second-order valence-corrected chi connectivity index (χ2v) is 6.02. The SMILES string of the molecule is CC(C)CN1CCC(N)C1c1ccc(F)cc1C(F)(F)F. The van der Waals surface area contributed by atoms with E-state index >= 15 is 0 Å². The van der Waals surface area contributed by atoms with Gasteiger partial charge in [0.1, 0.15) is 5.82 Å². The number of rotatable bonds is 3. The van der Waals surface area contributed by atoms with Gasteiger partial charge in [0, 0.05) is 19.1 Å². The average molecular weight is 304 g/mol. The molecule has 1 aliphatic heterocycles. The van der Waals surface area contributed by atoms with E-state index in [0.29, 0.717) is 31.5 Å². The van der Waals surface area contributed by atoms with Crippen LogP contribution in [0.2, 0.25) is 0 Å². The Kier molecular flexibility index (Phi) is 4.58. The fraction of sp³-hybridized carbons (Fsp3) is 0.600. The van der Waals surface area contributed by atoms with E-state index in [9.17, 15) is 17.6 Å². The summed E-state index contributed by atoms with van der Waals surface area (Å²) in [7, 11) is 0. The van der Waals surface area contributed by atoms with Gasteiger partial charge in [-0.15, -0.1) is 0 Å². The number of nitrogens with zero attached hydrogens (tertiary/aromatic N) is 1. The van der Waals surface area contributed by atoms with Gasteiger partial charge < -0.3 is 5.73 Å². The Balaban J connectivity index is 2.43. The van der Waals surface area contributed by atoms with Crippen LogP contribution in [0.1, 0.15) is 37.4 Å². The predicted molar refractivity (Wildman–Crippen MR) is 73.1 cm³/mol. The second kappa shape index (κ2) is 5.93. The summed E-state index contributed by atoms with van der Waals surface area (Å²) in [6.07, 6.45) is -3.94. The standard InChI is InChI=1S/C15H20F4N2/c1-9(2)8-21-6-5-13(20)14(21)11-4-3-10(16)7-12(11)15(17,18)19/h3-4,7,9,13-14H,5-6,8,20H2,1-2H3. The van der Waals surface area contributed by atoms with Gasteiger partial charge in [0.15, 0.2) is 0 Å². The van der Waals surface area contributed by atoms with Crippen molar-refractivity contribution in [2.75, 3.05) is 13.1 Å². The summed E-state index contributed by atoms with van der Waals surface area (Å²) in [4.78, 5) is 1.97. The van der Waals surface area contributed by atoms with E-state index in [1.165, 1.54) is 6.07 Å². The molecule has 1 saturated heterocycles. The van der Waals surface area contributed by atoms with Crippen LogP contribution in [0.3, 0.4) is 0 Å². The lowest BCUT2D eigenvalue weighted by molar-refractivity contribution is -0.139. The second-order valence-electron chi connectivity index (χ2n) is 6.02. The molecule has 2 nitrogen and oxygen atoms in total. The Hall–Kier alpha value is -1.14. The molecule has 2 rings (SSSR count). The molecule has 0 amide bonds. The Labute approximate surface area is 121 Å². The first kappa shape index (κ1) is 16.2. The molecule has 0 saturated carbocycles. The number of halogens is 4. The zero-order valence-corrected chi connectivity index (χ0v) is 12.1. The molecule has 21 heavy (non-hydrogen) atoms. The van der Waals surface area contributed by atoms with Gasteiger partial charge in [-0.2, -0.15) is 13.2 Å². The highest BCUT2D eigenvalue weighted by Gasteiger charge is 2.41. The molecule has 1 fully saturated rings. The van der Waals surface area contributed by atoms with E-state index < -0.39 is 23.6 Å². The number of likely N-dealkylation sites (tertiary alicyclic amines) is 1. The van der Waals surface area contributed by atoms with Crippen LogP contribution in [0.15, 0.2) is 18.2 Å². The fourth-order valence-corrected chi connectivity index (χ4v) is 3.02. The van der Waals surface area contributed by atoms with Gasteiger partial charge >= 0.3 is 6.18 Å². The Morgan fingerprint density at radius 1 is 1.33 bits per heavy atom. The van der Waals surface area contributed by atoms with Gasteiger partial charge in [0.2, 0.25) is 0 Å². The number of alkyl halides is 3. The van der Waals surface area contributed by atoms with Gasteiger partial charge in [-0.1, -0.05) is 19.9 Å². The lowest BCUT2D eigenvalue weighted by atomic mass is 9.94. The smallest absolute Gasteiger partial charge is 0.326 e. The zero-order valence-electron chi connectivity index (χ0n) is 12.1. The molecular formula is C15H20F4N2. The van der Waals surface area contributed by atoms with Crippen LogP contribution in [0.25, 0.3) is 0 Å². The number of nitrogens with two attached hydrogens (primary N) is 1. The molecule has 6 heteroatoms. The van der Waals surface area contributed by atoms with Crippen LogP contribution in [0.4, 0.5) is 17.6 Å². The summed E-state index contributed by atoms with van der Waals surface area (Å²) in [5.74, 6) is -0.555. The van der Waals surface area contributed by atoms with Crippen molar-refractivity contribution in [2.24, 2.45) is 11.7 Å². The molecule has 1 aromatic carbocycles. The van der Waals surface area contributed by atoms with E-state index in [0.717, 1.165) is 6.07 Å². The Morgan fingerprint density at radius 2 is 2.00 bits per heavy atom. The molecule has 1 heterocycles. The topological polar surface area (TPSA) is 29.3 Å². The molecule has 0 aromatic heterocycles. The van der Waals surface area contributed by atoms with E-state index in [4.69, 9.17) is 5.73 Å². The minimum Gasteiger partial charge on any atom is -0.326 e. The largest absolute Gasteiger partial charge is 0.416 e. The Morgan fingerprint density at radius 3 is 2.57 bits per heavy atom. The van der Waals surface area contributed by atoms with Crippen molar-refractivity contribution in [3.63, 3.8) is 0 Å². The third kappa shape index (κ3) is 3.55. The molecule has 1 aromatic rings. The summed E-state index contributed by atoms with van der Waals surface area (Å²) in [6, 6.07) is 1.98. The number of benzene rings is 1. The van der Waals surface area contributed by atoms with Crippen molar-refractivity contribution in [3.05, 3.63) is 35.1 Å². The summed E-state index contributed by atoms with van der Waals surface area (Å²) >= 11 is 0. The first-order valence-corrected chi connectivity index (χ1v) is 7.06. The van der Waals surface area contributed by atoms with Crippen LogP contribution in [-0.4, -0.2) is 24.0 Å². The third-order valence-electron chi connectivity index (χ3n) is 3.79. The highest BCUT2D eigenvalue weighted by molar-refractivity contribution is 5.35. The highest BCUT2D eigenvalue weighted by atomic mass is 19.4. The minimum absolute atomic E-state index is 0.0783. The first-order chi connectivity index (χ1) is 9.70. The van der Waals surface area contributed by atoms with E-state index in [1.807, 2.05) is 18.7 Å². The van der Waals surface area contributed by atoms with Crippen LogP contribution >= 0.6 is 0 Å². The normalized spacial score (nSPS) is 24.0.